The molecule has 180 valence electrons. The van der Waals surface area contributed by atoms with E-state index in [1.165, 1.54) is 5.56 Å². The summed E-state index contributed by atoms with van der Waals surface area (Å²) in [5, 5.41) is 3.59. The van der Waals surface area contributed by atoms with Crippen LogP contribution in [0.3, 0.4) is 0 Å². The molecule has 4 aromatic rings. The third kappa shape index (κ3) is 3.75. The van der Waals surface area contributed by atoms with Gasteiger partial charge in [0.15, 0.2) is 0 Å². The van der Waals surface area contributed by atoms with Crippen LogP contribution in [0.5, 0.6) is 0 Å². The molecule has 1 fully saturated rings. The Kier molecular flexibility index (Phi) is 5.26. The maximum Gasteiger partial charge on any atom is 0.243 e. The predicted octanol–water partition coefficient (Wildman–Crippen LogP) is 3.90. The first-order valence-electron chi connectivity index (χ1n) is 12.0. The number of rotatable bonds is 4. The number of sulfonamides is 1. The van der Waals surface area contributed by atoms with Crippen molar-refractivity contribution in [2.45, 2.75) is 43.0 Å². The number of piperidine rings is 1. The van der Waals surface area contributed by atoms with Gasteiger partial charge in [-0.05, 0) is 43.5 Å². The molecule has 0 amide bonds. The standard InChI is InChI=1S/C26H28N6O2S/c1-17-6-8-20(9-7-17)35(33,34)31-13-10-18(11-14-31)26-30-23(24-25(27)28-12-15-32(24)26)22-16-19-4-2-3-5-21(19)29-22/h2-9,12,15,18,22,29H,10-11,13-14,16H2,1H3,(H2,27,28). The van der Waals surface area contributed by atoms with Crippen LogP contribution in [0.25, 0.3) is 5.52 Å². The number of aromatic nitrogens is 3. The van der Waals surface area contributed by atoms with Crippen molar-refractivity contribution in [2.75, 3.05) is 24.1 Å². The Hall–Kier alpha value is -3.43. The summed E-state index contributed by atoms with van der Waals surface area (Å²) >= 11 is 0. The van der Waals surface area contributed by atoms with Gasteiger partial charge in [0.25, 0.3) is 0 Å². The predicted molar refractivity (Wildman–Crippen MR) is 136 cm³/mol. The first-order chi connectivity index (χ1) is 16.9. The second kappa shape index (κ2) is 8.35. The van der Waals surface area contributed by atoms with Crippen LogP contribution < -0.4 is 11.1 Å². The van der Waals surface area contributed by atoms with E-state index in [1.807, 2.05) is 37.4 Å². The molecule has 0 aliphatic carbocycles. The van der Waals surface area contributed by atoms with Gasteiger partial charge in [0.2, 0.25) is 10.0 Å². The van der Waals surface area contributed by atoms with Crippen LogP contribution in [0.15, 0.2) is 65.8 Å². The Bertz CT molecular complexity index is 1480. The van der Waals surface area contributed by atoms with Gasteiger partial charge < -0.3 is 11.1 Å². The Balaban J connectivity index is 1.28. The van der Waals surface area contributed by atoms with E-state index in [-0.39, 0.29) is 12.0 Å². The molecule has 6 rings (SSSR count). The zero-order valence-corrected chi connectivity index (χ0v) is 20.4. The summed E-state index contributed by atoms with van der Waals surface area (Å²) in [7, 11) is -3.51. The number of nitrogens with one attached hydrogen (secondary N) is 1. The van der Waals surface area contributed by atoms with Crippen LogP contribution in [0, 0.1) is 6.92 Å². The largest absolute Gasteiger partial charge is 0.382 e. The van der Waals surface area contributed by atoms with E-state index < -0.39 is 10.0 Å². The van der Waals surface area contributed by atoms with Crippen LogP contribution in [0.2, 0.25) is 0 Å². The number of nitrogen functional groups attached to an aromatic ring is 1. The Labute approximate surface area is 204 Å². The van der Waals surface area contributed by atoms with Crippen LogP contribution in [0.1, 0.15) is 47.4 Å². The number of benzene rings is 2. The number of hydrogen-bond acceptors (Lipinski definition) is 6. The SMILES string of the molecule is Cc1ccc(S(=O)(=O)N2CCC(c3nc(C4Cc5ccccc5N4)c4c(N)nccn34)CC2)cc1. The molecule has 35 heavy (non-hydrogen) atoms. The van der Waals surface area contributed by atoms with E-state index in [9.17, 15) is 8.42 Å². The molecule has 0 radical (unpaired) electrons. The van der Waals surface area contributed by atoms with Gasteiger partial charge in [-0.2, -0.15) is 4.31 Å². The van der Waals surface area contributed by atoms with Gasteiger partial charge in [0.1, 0.15) is 17.2 Å². The molecule has 0 spiro atoms. The number of aryl methyl sites for hydroxylation is 1. The summed E-state index contributed by atoms with van der Waals surface area (Å²) in [4.78, 5) is 9.79. The molecular weight excluding hydrogens is 460 g/mol. The minimum atomic E-state index is -3.51. The Morgan fingerprint density at radius 1 is 1.06 bits per heavy atom. The van der Waals surface area contributed by atoms with Crippen molar-refractivity contribution in [3.63, 3.8) is 0 Å². The highest BCUT2D eigenvalue weighted by atomic mass is 32.2. The summed E-state index contributed by atoms with van der Waals surface area (Å²) in [6, 6.07) is 15.4. The molecule has 2 aromatic heterocycles. The first-order valence-corrected chi connectivity index (χ1v) is 13.4. The molecule has 0 bridgehead atoms. The molecule has 1 saturated heterocycles. The monoisotopic (exact) mass is 488 g/mol. The van der Waals surface area contributed by atoms with Gasteiger partial charge in [-0.25, -0.2) is 18.4 Å². The number of para-hydroxylation sites is 1. The normalized spacial score (nSPS) is 19.1. The fraction of sp³-hybridized carbons (Fsp3) is 0.308. The fourth-order valence-electron chi connectivity index (χ4n) is 5.32. The Morgan fingerprint density at radius 3 is 2.54 bits per heavy atom. The smallest absolute Gasteiger partial charge is 0.243 e. The molecule has 8 nitrogen and oxygen atoms in total. The zero-order chi connectivity index (χ0) is 24.2. The van der Waals surface area contributed by atoms with Crippen molar-refractivity contribution in [1.29, 1.82) is 0 Å². The highest BCUT2D eigenvalue weighted by Gasteiger charge is 2.34. The fourth-order valence-corrected chi connectivity index (χ4v) is 6.79. The van der Waals surface area contributed by atoms with E-state index in [1.54, 1.807) is 22.6 Å². The first kappa shape index (κ1) is 22.1. The highest BCUT2D eigenvalue weighted by Crippen LogP contribution is 2.39. The molecule has 9 heteroatoms. The number of imidazole rings is 1. The molecule has 2 aliphatic heterocycles. The number of hydrogen-bond donors (Lipinski definition) is 2. The average Bonchev–Trinajstić information content (AvgIpc) is 3.47. The van der Waals surface area contributed by atoms with Crippen molar-refractivity contribution in [2.24, 2.45) is 0 Å². The minimum absolute atomic E-state index is 0.0182. The maximum absolute atomic E-state index is 13.2. The van der Waals surface area contributed by atoms with Crippen molar-refractivity contribution in [3.8, 4) is 0 Å². The summed E-state index contributed by atoms with van der Waals surface area (Å²) in [5.41, 5.74) is 11.5. The van der Waals surface area contributed by atoms with Gasteiger partial charge in [0.05, 0.1) is 16.6 Å². The summed E-state index contributed by atoms with van der Waals surface area (Å²) in [6.07, 6.45) is 5.85. The molecule has 3 N–H and O–H groups in total. The number of anilines is 2. The highest BCUT2D eigenvalue weighted by molar-refractivity contribution is 7.89. The molecule has 2 aliphatic rings. The van der Waals surface area contributed by atoms with Crippen molar-refractivity contribution < 1.29 is 8.42 Å². The number of nitrogens with two attached hydrogens (primary N) is 1. The summed E-state index contributed by atoms with van der Waals surface area (Å²) in [6.45, 7) is 2.87. The van der Waals surface area contributed by atoms with E-state index in [0.29, 0.717) is 36.6 Å². The van der Waals surface area contributed by atoms with Crippen LogP contribution in [0.4, 0.5) is 11.5 Å². The topological polar surface area (TPSA) is 106 Å². The summed E-state index contributed by atoms with van der Waals surface area (Å²) in [5.74, 6) is 1.51. The van der Waals surface area contributed by atoms with Gasteiger partial charge >= 0.3 is 0 Å². The lowest BCUT2D eigenvalue weighted by Crippen LogP contribution is -2.38. The maximum atomic E-state index is 13.2. The molecule has 1 unspecified atom stereocenters. The van der Waals surface area contributed by atoms with Crippen LogP contribution in [-0.2, 0) is 16.4 Å². The average molecular weight is 489 g/mol. The lowest BCUT2D eigenvalue weighted by Gasteiger charge is -2.30. The van der Waals surface area contributed by atoms with E-state index in [2.05, 4.69) is 26.8 Å². The number of nitrogens with zero attached hydrogens (tertiary/aromatic N) is 4. The van der Waals surface area contributed by atoms with Crippen molar-refractivity contribution in [3.05, 3.63) is 83.6 Å². The molecule has 0 saturated carbocycles. The van der Waals surface area contributed by atoms with Gasteiger partial charge in [-0.15, -0.1) is 0 Å². The van der Waals surface area contributed by atoms with E-state index in [0.717, 1.165) is 34.7 Å². The second-order valence-corrected chi connectivity index (χ2v) is 11.4. The third-order valence-corrected chi connectivity index (χ3v) is 9.13. The number of fused-ring (bicyclic) bond motifs is 2. The zero-order valence-electron chi connectivity index (χ0n) is 19.6. The Morgan fingerprint density at radius 2 is 1.80 bits per heavy atom. The van der Waals surface area contributed by atoms with E-state index >= 15 is 0 Å². The lowest BCUT2D eigenvalue weighted by molar-refractivity contribution is 0.313. The van der Waals surface area contributed by atoms with Crippen LogP contribution >= 0.6 is 0 Å². The van der Waals surface area contributed by atoms with Gasteiger partial charge in [0, 0.05) is 43.5 Å². The minimum Gasteiger partial charge on any atom is -0.382 e. The quantitative estimate of drug-likeness (QED) is 0.451. The van der Waals surface area contributed by atoms with Gasteiger partial charge in [-0.3, -0.25) is 4.40 Å². The van der Waals surface area contributed by atoms with E-state index in [4.69, 9.17) is 10.7 Å². The molecule has 2 aromatic carbocycles. The second-order valence-electron chi connectivity index (χ2n) is 9.44. The van der Waals surface area contributed by atoms with Crippen molar-refractivity contribution >= 4 is 27.0 Å². The van der Waals surface area contributed by atoms with Crippen molar-refractivity contribution in [1.82, 2.24) is 18.7 Å². The molecular formula is C26H28N6O2S. The third-order valence-electron chi connectivity index (χ3n) is 7.22. The molecule has 1 atom stereocenters. The summed E-state index contributed by atoms with van der Waals surface area (Å²) < 4.78 is 30.0. The van der Waals surface area contributed by atoms with Gasteiger partial charge in [-0.1, -0.05) is 35.9 Å². The lowest BCUT2D eigenvalue weighted by atomic mass is 9.97. The molecule has 4 heterocycles. The van der Waals surface area contributed by atoms with Crippen LogP contribution in [-0.4, -0.2) is 40.2 Å².